The highest BCUT2D eigenvalue weighted by molar-refractivity contribution is 7.92. The summed E-state index contributed by atoms with van der Waals surface area (Å²) in [6.45, 7) is 5.53. The third-order valence-electron chi connectivity index (χ3n) is 7.95. The minimum absolute atomic E-state index is 0.0270. The average Bonchev–Trinajstić information content (AvgIpc) is 3.03. The molecule has 3 aromatic rings. The van der Waals surface area contributed by atoms with Gasteiger partial charge in [0.15, 0.2) is 0 Å². The molecule has 1 atom stereocenters. The molecule has 10 heteroatoms. The van der Waals surface area contributed by atoms with Crippen molar-refractivity contribution in [3.05, 3.63) is 83.9 Å². The molecule has 1 N–H and O–H groups in total. The molecular formula is C34H43N3O6S. The molecule has 9 nitrogen and oxygen atoms in total. The van der Waals surface area contributed by atoms with E-state index in [0.717, 1.165) is 47.5 Å². The number of hydrogen-bond donors (Lipinski definition) is 1. The minimum atomic E-state index is -4.16. The van der Waals surface area contributed by atoms with E-state index in [1.807, 2.05) is 26.0 Å². The number of benzene rings is 3. The molecule has 0 heterocycles. The van der Waals surface area contributed by atoms with Crippen LogP contribution in [0.3, 0.4) is 0 Å². The number of carbonyl (C=O) groups excluding carboxylic acids is 2. The molecule has 1 fully saturated rings. The highest BCUT2D eigenvalue weighted by Gasteiger charge is 2.33. The summed E-state index contributed by atoms with van der Waals surface area (Å²) >= 11 is 0. The van der Waals surface area contributed by atoms with Gasteiger partial charge in [0.25, 0.3) is 10.0 Å². The van der Waals surface area contributed by atoms with Gasteiger partial charge in [0.05, 0.1) is 24.3 Å². The molecule has 3 aromatic carbocycles. The molecule has 0 radical (unpaired) electrons. The number of nitrogens with one attached hydrogen (secondary N) is 1. The van der Waals surface area contributed by atoms with E-state index in [-0.39, 0.29) is 23.4 Å². The van der Waals surface area contributed by atoms with Crippen LogP contribution in [0, 0.1) is 6.92 Å². The van der Waals surface area contributed by atoms with Gasteiger partial charge < -0.3 is 19.7 Å². The monoisotopic (exact) mass is 621 g/mol. The van der Waals surface area contributed by atoms with Crippen molar-refractivity contribution in [1.29, 1.82) is 0 Å². The maximum absolute atomic E-state index is 14.2. The number of methoxy groups -OCH3 is 1. The number of carbonyl (C=O) groups is 2. The second-order valence-electron chi connectivity index (χ2n) is 11.1. The van der Waals surface area contributed by atoms with Crippen molar-refractivity contribution in [1.82, 2.24) is 10.2 Å². The van der Waals surface area contributed by atoms with Gasteiger partial charge >= 0.3 is 0 Å². The van der Waals surface area contributed by atoms with Gasteiger partial charge in [-0.25, -0.2) is 8.42 Å². The predicted molar refractivity (Wildman–Crippen MR) is 171 cm³/mol. The van der Waals surface area contributed by atoms with Gasteiger partial charge in [-0.3, -0.25) is 13.9 Å². The largest absolute Gasteiger partial charge is 0.497 e. The molecule has 1 saturated carbocycles. The highest BCUT2D eigenvalue weighted by Crippen LogP contribution is 2.27. The molecule has 0 saturated heterocycles. The van der Waals surface area contributed by atoms with Crippen molar-refractivity contribution in [2.75, 3.05) is 24.6 Å². The molecule has 1 aliphatic rings. The van der Waals surface area contributed by atoms with E-state index in [9.17, 15) is 18.0 Å². The number of amides is 2. The summed E-state index contributed by atoms with van der Waals surface area (Å²) in [5.41, 5.74) is 2.09. The lowest BCUT2D eigenvalue weighted by Gasteiger charge is -2.33. The molecule has 0 unspecified atom stereocenters. The molecule has 0 aromatic heterocycles. The minimum Gasteiger partial charge on any atom is -0.497 e. The van der Waals surface area contributed by atoms with Crippen molar-refractivity contribution in [3.63, 3.8) is 0 Å². The number of aryl methyl sites for hydroxylation is 1. The zero-order valence-electron chi connectivity index (χ0n) is 26.0. The van der Waals surface area contributed by atoms with E-state index in [1.54, 1.807) is 62.6 Å². The number of ether oxygens (including phenoxy) is 2. The van der Waals surface area contributed by atoms with Crippen LogP contribution in [-0.4, -0.2) is 57.5 Å². The van der Waals surface area contributed by atoms with Gasteiger partial charge in [-0.2, -0.15) is 0 Å². The smallest absolute Gasteiger partial charge is 0.264 e. The number of sulfonamides is 1. The van der Waals surface area contributed by atoms with Gasteiger partial charge in [-0.15, -0.1) is 0 Å². The molecule has 0 bridgehead atoms. The van der Waals surface area contributed by atoms with Crippen LogP contribution in [0.15, 0.2) is 77.7 Å². The topological polar surface area (TPSA) is 105 Å². The van der Waals surface area contributed by atoms with Gasteiger partial charge in [0.1, 0.15) is 24.1 Å². The molecule has 44 heavy (non-hydrogen) atoms. The second kappa shape index (κ2) is 15.1. The Morgan fingerprint density at radius 3 is 2.11 bits per heavy atom. The van der Waals surface area contributed by atoms with E-state index in [0.29, 0.717) is 23.8 Å². The molecule has 236 valence electrons. The van der Waals surface area contributed by atoms with Crippen LogP contribution in [0.25, 0.3) is 0 Å². The Hall–Kier alpha value is -4.05. The van der Waals surface area contributed by atoms with Crippen molar-refractivity contribution in [2.45, 2.75) is 76.4 Å². The summed E-state index contributed by atoms with van der Waals surface area (Å²) in [5.74, 6) is 0.465. The van der Waals surface area contributed by atoms with E-state index in [4.69, 9.17) is 9.47 Å². The normalized spacial score (nSPS) is 14.4. The second-order valence-corrected chi connectivity index (χ2v) is 13.0. The Balaban J connectivity index is 1.66. The lowest BCUT2D eigenvalue weighted by atomic mass is 9.95. The van der Waals surface area contributed by atoms with Crippen LogP contribution in [0.4, 0.5) is 5.69 Å². The van der Waals surface area contributed by atoms with Crippen molar-refractivity contribution < 1.29 is 27.5 Å². The first-order valence-corrected chi connectivity index (χ1v) is 16.6. The molecule has 2 amide bonds. The predicted octanol–water partition coefficient (Wildman–Crippen LogP) is 5.46. The first-order chi connectivity index (χ1) is 21.1. The highest BCUT2D eigenvalue weighted by atomic mass is 32.2. The summed E-state index contributed by atoms with van der Waals surface area (Å²) in [6, 6.07) is 19.6. The third-order valence-corrected chi connectivity index (χ3v) is 9.74. The number of rotatable bonds is 13. The lowest BCUT2D eigenvalue weighted by Crippen LogP contribution is -2.53. The average molecular weight is 622 g/mol. The fourth-order valence-electron chi connectivity index (χ4n) is 5.32. The molecular weight excluding hydrogens is 578 g/mol. The van der Waals surface area contributed by atoms with Gasteiger partial charge in [-0.05, 0) is 87.7 Å². The van der Waals surface area contributed by atoms with E-state index in [2.05, 4.69) is 5.32 Å². The van der Waals surface area contributed by atoms with Crippen LogP contribution >= 0.6 is 0 Å². The van der Waals surface area contributed by atoms with Gasteiger partial charge in [0.2, 0.25) is 11.8 Å². The first kappa shape index (κ1) is 32.9. The first-order valence-electron chi connectivity index (χ1n) is 15.2. The standard InChI is InChI=1S/C34H43N3O6S/c1-5-43-31-19-21-32(22-20-31)44(40,41)37(29-15-11-25(2)12-16-29)24-33(38)36(23-27-13-17-30(42-4)18-14-27)26(3)34(39)35-28-9-7-6-8-10-28/h11-22,26,28H,5-10,23-24H2,1-4H3,(H,35,39)/t26-/m1/s1. The Kier molecular flexibility index (Phi) is 11.3. The Bertz CT molecular complexity index is 1490. The number of anilines is 1. The van der Waals surface area contributed by atoms with Crippen molar-refractivity contribution in [2.24, 2.45) is 0 Å². The molecule has 4 rings (SSSR count). The van der Waals surface area contributed by atoms with E-state index < -0.39 is 28.5 Å². The molecule has 1 aliphatic carbocycles. The Labute approximate surface area is 261 Å². The zero-order chi connectivity index (χ0) is 31.7. The van der Waals surface area contributed by atoms with Crippen LogP contribution in [0.1, 0.15) is 57.1 Å². The summed E-state index contributed by atoms with van der Waals surface area (Å²) in [4.78, 5) is 29.1. The van der Waals surface area contributed by atoms with Gasteiger partial charge in [-0.1, -0.05) is 49.1 Å². The lowest BCUT2D eigenvalue weighted by molar-refractivity contribution is -0.139. The van der Waals surface area contributed by atoms with Crippen LogP contribution in [0.5, 0.6) is 11.5 Å². The van der Waals surface area contributed by atoms with Crippen molar-refractivity contribution in [3.8, 4) is 11.5 Å². The maximum Gasteiger partial charge on any atom is 0.264 e. The van der Waals surface area contributed by atoms with E-state index in [1.165, 1.54) is 17.0 Å². The van der Waals surface area contributed by atoms with Crippen LogP contribution < -0.4 is 19.1 Å². The zero-order valence-corrected chi connectivity index (χ0v) is 26.8. The fraction of sp³-hybridized carbons (Fsp3) is 0.412. The summed E-state index contributed by atoms with van der Waals surface area (Å²) in [7, 11) is -2.59. The van der Waals surface area contributed by atoms with Crippen LogP contribution in [0.2, 0.25) is 0 Å². The van der Waals surface area contributed by atoms with Gasteiger partial charge in [0, 0.05) is 12.6 Å². The molecule has 0 aliphatic heterocycles. The Morgan fingerprint density at radius 1 is 0.909 bits per heavy atom. The maximum atomic E-state index is 14.2. The third kappa shape index (κ3) is 8.31. The van der Waals surface area contributed by atoms with Crippen molar-refractivity contribution >= 4 is 27.5 Å². The number of nitrogens with zero attached hydrogens (tertiary/aromatic N) is 2. The quantitative estimate of drug-likeness (QED) is 0.272. The SMILES string of the molecule is CCOc1ccc(S(=O)(=O)N(CC(=O)N(Cc2ccc(OC)cc2)[C@H](C)C(=O)NC2CCCCC2)c2ccc(C)cc2)cc1. The Morgan fingerprint density at radius 2 is 1.52 bits per heavy atom. The molecule has 0 spiro atoms. The summed E-state index contributed by atoms with van der Waals surface area (Å²) < 4.78 is 40.0. The van der Waals surface area contributed by atoms with E-state index >= 15 is 0 Å². The fourth-order valence-corrected chi connectivity index (χ4v) is 6.73. The summed E-state index contributed by atoms with van der Waals surface area (Å²) in [5, 5.41) is 3.12. The van der Waals surface area contributed by atoms with Crippen LogP contribution in [-0.2, 0) is 26.2 Å². The summed E-state index contributed by atoms with van der Waals surface area (Å²) in [6.07, 6.45) is 5.09. The number of hydrogen-bond acceptors (Lipinski definition) is 6.